The Morgan fingerprint density at radius 1 is 0.944 bits per heavy atom. The molecule has 1 saturated heterocycles. The lowest BCUT2D eigenvalue weighted by Crippen LogP contribution is -2.36. The van der Waals surface area contributed by atoms with Gasteiger partial charge in [0.25, 0.3) is 5.91 Å². The molecule has 1 fully saturated rings. The molecule has 0 unspecified atom stereocenters. The van der Waals surface area contributed by atoms with Gasteiger partial charge in [-0.15, -0.1) is 0 Å². The number of morpholine rings is 1. The van der Waals surface area contributed by atoms with Crippen LogP contribution in [0.5, 0.6) is 0 Å². The number of aromatic nitrogens is 2. The minimum absolute atomic E-state index is 0.0760. The van der Waals surface area contributed by atoms with Crippen LogP contribution in [0.2, 0.25) is 0 Å². The van der Waals surface area contributed by atoms with Crippen molar-refractivity contribution in [2.24, 2.45) is 0 Å². The minimum atomic E-state index is -0.397. The zero-order valence-electron chi connectivity index (χ0n) is 20.2. The lowest BCUT2D eigenvalue weighted by atomic mass is 10.2. The molecule has 0 spiro atoms. The predicted octanol–water partition coefficient (Wildman–Crippen LogP) is 4.00. The number of hydrogen-bond acceptors (Lipinski definition) is 5. The molecule has 0 aliphatic carbocycles. The summed E-state index contributed by atoms with van der Waals surface area (Å²) in [6.07, 6.45) is 0. The van der Waals surface area contributed by atoms with Gasteiger partial charge in [-0.3, -0.25) is 9.59 Å². The maximum absolute atomic E-state index is 13.1. The number of imidazole rings is 1. The molecule has 184 valence electrons. The number of para-hydroxylation sites is 2. The van der Waals surface area contributed by atoms with Crippen LogP contribution in [0.25, 0.3) is 11.0 Å². The monoisotopic (exact) mass is 483 g/mol. The number of anilines is 2. The smallest absolute Gasteiger partial charge is 0.251 e. The molecule has 4 aromatic rings. The molecule has 1 atom stereocenters. The van der Waals surface area contributed by atoms with Crippen LogP contribution in [0, 0.1) is 0 Å². The number of benzene rings is 3. The number of nitrogens with one attached hydrogen (secondary N) is 2. The Balaban J connectivity index is 1.31. The van der Waals surface area contributed by atoms with E-state index in [0.717, 1.165) is 48.7 Å². The molecule has 0 bridgehead atoms. The molecule has 5 rings (SSSR count). The average molecular weight is 484 g/mol. The molecular formula is C28H29N5O3. The fraction of sp³-hybridized carbons (Fsp3) is 0.250. The van der Waals surface area contributed by atoms with E-state index in [4.69, 9.17) is 9.72 Å². The Morgan fingerprint density at radius 3 is 2.39 bits per heavy atom. The van der Waals surface area contributed by atoms with Crippen LogP contribution in [0.15, 0.2) is 78.9 Å². The van der Waals surface area contributed by atoms with Crippen molar-refractivity contribution >= 4 is 34.2 Å². The lowest BCUT2D eigenvalue weighted by Gasteiger charge is -2.28. The SMILES string of the molecule is C[C@@H](NC(=O)c1ccccc1)c1nc2ccccc2n1CC(=O)Nc1ccc(N2CCOCC2)cc1. The second kappa shape index (κ2) is 10.6. The van der Waals surface area contributed by atoms with E-state index < -0.39 is 6.04 Å². The second-order valence-corrected chi connectivity index (χ2v) is 8.80. The van der Waals surface area contributed by atoms with Crippen molar-refractivity contribution in [1.29, 1.82) is 0 Å². The molecular weight excluding hydrogens is 454 g/mol. The van der Waals surface area contributed by atoms with Crippen LogP contribution in [0.4, 0.5) is 11.4 Å². The maximum atomic E-state index is 13.1. The van der Waals surface area contributed by atoms with Gasteiger partial charge in [0, 0.05) is 30.0 Å². The topological polar surface area (TPSA) is 88.5 Å². The van der Waals surface area contributed by atoms with Gasteiger partial charge in [0.15, 0.2) is 0 Å². The number of nitrogens with zero attached hydrogens (tertiary/aromatic N) is 3. The van der Waals surface area contributed by atoms with Gasteiger partial charge < -0.3 is 24.8 Å². The first-order valence-corrected chi connectivity index (χ1v) is 12.1. The van der Waals surface area contributed by atoms with Crippen LogP contribution in [-0.2, 0) is 16.1 Å². The van der Waals surface area contributed by atoms with E-state index in [1.807, 2.05) is 78.2 Å². The first-order chi connectivity index (χ1) is 17.6. The molecule has 0 radical (unpaired) electrons. The highest BCUT2D eigenvalue weighted by atomic mass is 16.5. The third-order valence-corrected chi connectivity index (χ3v) is 6.28. The van der Waals surface area contributed by atoms with E-state index in [-0.39, 0.29) is 18.4 Å². The molecule has 0 saturated carbocycles. The van der Waals surface area contributed by atoms with E-state index in [0.29, 0.717) is 11.4 Å². The van der Waals surface area contributed by atoms with Gasteiger partial charge in [0.1, 0.15) is 12.4 Å². The standard InChI is InChI=1S/C28H29N5O3/c1-20(29-28(35)21-7-3-2-4-8-21)27-31-24-9-5-6-10-25(24)33(27)19-26(34)30-22-11-13-23(14-12-22)32-15-17-36-18-16-32/h2-14,20H,15-19H2,1H3,(H,29,35)(H,30,34)/t20-/m1/s1. The van der Waals surface area contributed by atoms with Gasteiger partial charge >= 0.3 is 0 Å². The number of hydrogen-bond donors (Lipinski definition) is 2. The summed E-state index contributed by atoms with van der Waals surface area (Å²) < 4.78 is 7.28. The summed E-state index contributed by atoms with van der Waals surface area (Å²) in [6.45, 7) is 5.13. The summed E-state index contributed by atoms with van der Waals surface area (Å²) in [4.78, 5) is 32.8. The van der Waals surface area contributed by atoms with Gasteiger partial charge in [0.05, 0.1) is 30.3 Å². The highest BCUT2D eigenvalue weighted by Gasteiger charge is 2.21. The third-order valence-electron chi connectivity index (χ3n) is 6.28. The van der Waals surface area contributed by atoms with Crippen molar-refractivity contribution in [3.63, 3.8) is 0 Å². The normalized spacial score (nSPS) is 14.4. The minimum Gasteiger partial charge on any atom is -0.378 e. The third kappa shape index (κ3) is 5.23. The number of fused-ring (bicyclic) bond motifs is 1. The van der Waals surface area contributed by atoms with Gasteiger partial charge in [-0.1, -0.05) is 30.3 Å². The summed E-state index contributed by atoms with van der Waals surface area (Å²) in [7, 11) is 0. The molecule has 3 aromatic carbocycles. The fourth-order valence-corrected chi connectivity index (χ4v) is 4.45. The van der Waals surface area contributed by atoms with Crippen molar-refractivity contribution in [3.8, 4) is 0 Å². The maximum Gasteiger partial charge on any atom is 0.251 e. The highest BCUT2D eigenvalue weighted by molar-refractivity contribution is 5.94. The second-order valence-electron chi connectivity index (χ2n) is 8.80. The Hall–Kier alpha value is -4.17. The van der Waals surface area contributed by atoms with Crippen LogP contribution >= 0.6 is 0 Å². The van der Waals surface area contributed by atoms with Gasteiger partial charge in [0.2, 0.25) is 5.91 Å². The van der Waals surface area contributed by atoms with E-state index >= 15 is 0 Å². The first-order valence-electron chi connectivity index (χ1n) is 12.1. The highest BCUT2D eigenvalue weighted by Crippen LogP contribution is 2.22. The van der Waals surface area contributed by atoms with Crippen LogP contribution < -0.4 is 15.5 Å². The van der Waals surface area contributed by atoms with Crippen molar-refractivity contribution in [2.45, 2.75) is 19.5 Å². The molecule has 8 heteroatoms. The number of amides is 2. The number of carbonyl (C=O) groups excluding carboxylic acids is 2. The lowest BCUT2D eigenvalue weighted by molar-refractivity contribution is -0.116. The van der Waals surface area contributed by atoms with E-state index in [1.54, 1.807) is 12.1 Å². The number of ether oxygens (including phenoxy) is 1. The molecule has 1 aliphatic rings. The fourth-order valence-electron chi connectivity index (χ4n) is 4.45. The van der Waals surface area contributed by atoms with Crippen LogP contribution in [0.3, 0.4) is 0 Å². The Labute approximate surface area is 209 Å². The summed E-state index contributed by atoms with van der Waals surface area (Å²) >= 11 is 0. The summed E-state index contributed by atoms with van der Waals surface area (Å²) in [6, 6.07) is 24.2. The van der Waals surface area contributed by atoms with Gasteiger partial charge in [-0.2, -0.15) is 0 Å². The zero-order chi connectivity index (χ0) is 24.9. The van der Waals surface area contributed by atoms with Crippen molar-refractivity contribution in [2.75, 3.05) is 36.5 Å². The van der Waals surface area contributed by atoms with Gasteiger partial charge in [-0.25, -0.2) is 4.98 Å². The molecule has 8 nitrogen and oxygen atoms in total. The average Bonchev–Trinajstić information content (AvgIpc) is 3.28. The molecule has 36 heavy (non-hydrogen) atoms. The molecule has 1 aliphatic heterocycles. The van der Waals surface area contributed by atoms with E-state index in [2.05, 4.69) is 15.5 Å². The van der Waals surface area contributed by atoms with E-state index in [9.17, 15) is 9.59 Å². The Morgan fingerprint density at radius 2 is 1.64 bits per heavy atom. The Kier molecular flexibility index (Phi) is 6.95. The first kappa shape index (κ1) is 23.6. The predicted molar refractivity (Wildman–Crippen MR) is 140 cm³/mol. The zero-order valence-corrected chi connectivity index (χ0v) is 20.2. The Bertz CT molecular complexity index is 1340. The van der Waals surface area contributed by atoms with Crippen LogP contribution in [0.1, 0.15) is 29.1 Å². The number of carbonyl (C=O) groups is 2. The van der Waals surface area contributed by atoms with Crippen LogP contribution in [-0.4, -0.2) is 47.7 Å². The molecule has 2 heterocycles. The molecule has 2 N–H and O–H groups in total. The quantitative estimate of drug-likeness (QED) is 0.415. The summed E-state index contributed by atoms with van der Waals surface area (Å²) in [5, 5.41) is 6.00. The largest absolute Gasteiger partial charge is 0.378 e. The summed E-state index contributed by atoms with van der Waals surface area (Å²) in [5.41, 5.74) is 4.03. The molecule has 2 amide bonds. The van der Waals surface area contributed by atoms with Crippen molar-refractivity contribution in [3.05, 3.63) is 90.3 Å². The van der Waals surface area contributed by atoms with Crippen molar-refractivity contribution < 1.29 is 14.3 Å². The number of rotatable bonds is 7. The van der Waals surface area contributed by atoms with Gasteiger partial charge in [-0.05, 0) is 55.5 Å². The summed E-state index contributed by atoms with van der Waals surface area (Å²) in [5.74, 6) is 0.268. The van der Waals surface area contributed by atoms with Crippen molar-refractivity contribution in [1.82, 2.24) is 14.9 Å². The van der Waals surface area contributed by atoms with E-state index in [1.165, 1.54) is 0 Å². The molecule has 1 aromatic heterocycles.